The zero-order chi connectivity index (χ0) is 11.3. The van der Waals surface area contributed by atoms with Crippen molar-refractivity contribution in [1.29, 1.82) is 0 Å². The average molecular weight is 271 g/mol. The quantitative estimate of drug-likeness (QED) is 0.830. The predicted octanol–water partition coefficient (Wildman–Crippen LogP) is 3.76. The lowest BCUT2D eigenvalue weighted by atomic mass is 10.3. The molecule has 0 radical (unpaired) electrons. The van der Waals surface area contributed by atoms with Crippen LogP contribution in [0.5, 0.6) is 11.5 Å². The molecule has 1 unspecified atom stereocenters. The highest BCUT2D eigenvalue weighted by atomic mass is 79.9. The molecule has 0 bridgehead atoms. The molecule has 2 nitrogen and oxygen atoms in total. The van der Waals surface area contributed by atoms with E-state index in [1.807, 2.05) is 44.2 Å². The smallest absolute Gasteiger partial charge is 0.127 e. The molecule has 1 rings (SSSR count). The van der Waals surface area contributed by atoms with Crippen molar-refractivity contribution in [3.63, 3.8) is 0 Å². The number of rotatable bonds is 4. The Kier molecular flexibility index (Phi) is 4.69. The lowest BCUT2D eigenvalue weighted by Gasteiger charge is -2.14. The first-order valence-electron chi connectivity index (χ1n) is 4.79. The molecular weight excluding hydrogens is 256 g/mol. The molecular formula is C12H15BrO2. The summed E-state index contributed by atoms with van der Waals surface area (Å²) in [7, 11) is 1.65. The van der Waals surface area contributed by atoms with Crippen LogP contribution in [0.25, 0.3) is 0 Å². The maximum absolute atomic E-state index is 5.70. The van der Waals surface area contributed by atoms with E-state index >= 15 is 0 Å². The maximum atomic E-state index is 5.70. The van der Waals surface area contributed by atoms with Crippen molar-refractivity contribution in [3.05, 3.63) is 34.8 Å². The fourth-order valence-corrected chi connectivity index (χ4v) is 1.24. The number of hydrogen-bond acceptors (Lipinski definition) is 2. The molecule has 0 saturated carbocycles. The minimum Gasteiger partial charge on any atom is -0.497 e. The second-order valence-corrected chi connectivity index (χ2v) is 4.02. The molecule has 1 aromatic carbocycles. The summed E-state index contributed by atoms with van der Waals surface area (Å²) in [6.07, 6.45) is 2.01. The van der Waals surface area contributed by atoms with Crippen LogP contribution in [0, 0.1) is 0 Å². The molecule has 3 heteroatoms. The predicted molar refractivity (Wildman–Crippen MR) is 65.8 cm³/mol. The van der Waals surface area contributed by atoms with Gasteiger partial charge in [-0.25, -0.2) is 0 Å². The SMILES string of the molecule is C/C=C(/Br)C(C)Oc1ccc(OC)cc1. The number of ether oxygens (including phenoxy) is 2. The Balaban J connectivity index is 2.65. The molecule has 0 amide bonds. The van der Waals surface area contributed by atoms with Gasteiger partial charge in [-0.05, 0) is 38.1 Å². The largest absolute Gasteiger partial charge is 0.497 e. The molecule has 15 heavy (non-hydrogen) atoms. The second kappa shape index (κ2) is 5.81. The highest BCUT2D eigenvalue weighted by Gasteiger charge is 2.06. The summed E-state index contributed by atoms with van der Waals surface area (Å²) in [5.74, 6) is 1.67. The normalized spacial score (nSPS) is 13.5. The molecule has 0 aliphatic heterocycles. The van der Waals surface area contributed by atoms with Gasteiger partial charge in [-0.3, -0.25) is 0 Å². The van der Waals surface area contributed by atoms with Gasteiger partial charge in [0.2, 0.25) is 0 Å². The van der Waals surface area contributed by atoms with Crippen LogP contribution in [0.1, 0.15) is 13.8 Å². The topological polar surface area (TPSA) is 18.5 Å². The van der Waals surface area contributed by atoms with Crippen molar-refractivity contribution in [3.8, 4) is 11.5 Å². The van der Waals surface area contributed by atoms with Crippen molar-refractivity contribution < 1.29 is 9.47 Å². The molecule has 0 saturated heterocycles. The van der Waals surface area contributed by atoms with Crippen LogP contribution in [0.2, 0.25) is 0 Å². The summed E-state index contributed by atoms with van der Waals surface area (Å²) in [5, 5.41) is 0. The Labute approximate surface area is 99.0 Å². The van der Waals surface area contributed by atoms with Crippen molar-refractivity contribution in [2.75, 3.05) is 7.11 Å². The first kappa shape index (κ1) is 12.1. The van der Waals surface area contributed by atoms with Gasteiger partial charge in [-0.1, -0.05) is 22.0 Å². The standard InChI is InChI=1S/C12H15BrO2/c1-4-12(13)9(2)15-11-7-5-10(14-3)6-8-11/h4-9H,1-3H3/b12-4+. The van der Waals surface area contributed by atoms with Crippen LogP contribution in [0.4, 0.5) is 0 Å². The van der Waals surface area contributed by atoms with E-state index in [2.05, 4.69) is 15.9 Å². The average Bonchev–Trinajstić information content (AvgIpc) is 2.29. The zero-order valence-electron chi connectivity index (χ0n) is 9.16. The maximum Gasteiger partial charge on any atom is 0.127 e. The fourth-order valence-electron chi connectivity index (χ4n) is 1.15. The number of halogens is 1. The second-order valence-electron chi connectivity index (χ2n) is 3.11. The van der Waals surface area contributed by atoms with E-state index in [0.717, 1.165) is 16.0 Å². The summed E-state index contributed by atoms with van der Waals surface area (Å²) in [6.45, 7) is 3.96. The van der Waals surface area contributed by atoms with E-state index in [1.165, 1.54) is 0 Å². The highest BCUT2D eigenvalue weighted by Crippen LogP contribution is 2.21. The third-order valence-corrected chi connectivity index (χ3v) is 3.14. The minimum absolute atomic E-state index is 0.0309. The van der Waals surface area contributed by atoms with Gasteiger partial charge in [0.05, 0.1) is 7.11 Å². The molecule has 0 spiro atoms. The van der Waals surface area contributed by atoms with Gasteiger partial charge < -0.3 is 9.47 Å². The Morgan fingerprint density at radius 2 is 1.80 bits per heavy atom. The first-order chi connectivity index (χ1) is 7.17. The lowest BCUT2D eigenvalue weighted by Crippen LogP contribution is -2.11. The zero-order valence-corrected chi connectivity index (χ0v) is 10.7. The molecule has 82 valence electrons. The van der Waals surface area contributed by atoms with E-state index in [-0.39, 0.29) is 6.10 Å². The Morgan fingerprint density at radius 3 is 2.27 bits per heavy atom. The lowest BCUT2D eigenvalue weighted by molar-refractivity contribution is 0.266. The van der Waals surface area contributed by atoms with Gasteiger partial charge in [0, 0.05) is 4.48 Å². The van der Waals surface area contributed by atoms with Gasteiger partial charge in [-0.2, -0.15) is 0 Å². The van der Waals surface area contributed by atoms with Crippen molar-refractivity contribution in [2.24, 2.45) is 0 Å². The van der Waals surface area contributed by atoms with Crippen LogP contribution >= 0.6 is 15.9 Å². The Morgan fingerprint density at radius 1 is 1.27 bits per heavy atom. The van der Waals surface area contributed by atoms with Gasteiger partial charge in [0.1, 0.15) is 17.6 Å². The summed E-state index contributed by atoms with van der Waals surface area (Å²) >= 11 is 3.44. The monoisotopic (exact) mass is 270 g/mol. The van der Waals surface area contributed by atoms with Crippen LogP contribution in [0.3, 0.4) is 0 Å². The molecule has 0 fully saturated rings. The van der Waals surface area contributed by atoms with Crippen LogP contribution in [-0.4, -0.2) is 13.2 Å². The number of hydrogen-bond donors (Lipinski definition) is 0. The molecule has 0 N–H and O–H groups in total. The molecule has 0 heterocycles. The van der Waals surface area contributed by atoms with Gasteiger partial charge in [0.25, 0.3) is 0 Å². The minimum atomic E-state index is 0.0309. The third kappa shape index (κ3) is 3.59. The van der Waals surface area contributed by atoms with E-state index in [1.54, 1.807) is 7.11 Å². The molecule has 1 aromatic rings. The van der Waals surface area contributed by atoms with Gasteiger partial charge in [-0.15, -0.1) is 0 Å². The van der Waals surface area contributed by atoms with Crippen molar-refractivity contribution in [1.82, 2.24) is 0 Å². The molecule has 0 aromatic heterocycles. The van der Waals surface area contributed by atoms with Gasteiger partial charge >= 0.3 is 0 Å². The first-order valence-corrected chi connectivity index (χ1v) is 5.59. The van der Waals surface area contributed by atoms with E-state index in [9.17, 15) is 0 Å². The molecule has 0 aliphatic rings. The van der Waals surface area contributed by atoms with E-state index in [4.69, 9.17) is 9.47 Å². The summed E-state index contributed by atoms with van der Waals surface area (Å²) in [5.41, 5.74) is 0. The number of benzene rings is 1. The summed E-state index contributed by atoms with van der Waals surface area (Å²) in [4.78, 5) is 0. The highest BCUT2D eigenvalue weighted by molar-refractivity contribution is 9.11. The van der Waals surface area contributed by atoms with Crippen LogP contribution in [-0.2, 0) is 0 Å². The van der Waals surface area contributed by atoms with Crippen molar-refractivity contribution in [2.45, 2.75) is 20.0 Å². The Hall–Kier alpha value is -0.960. The van der Waals surface area contributed by atoms with E-state index < -0.39 is 0 Å². The van der Waals surface area contributed by atoms with Crippen LogP contribution in [0.15, 0.2) is 34.8 Å². The molecule has 0 aliphatic carbocycles. The summed E-state index contributed by atoms with van der Waals surface area (Å²) < 4.78 is 11.8. The molecule has 1 atom stereocenters. The van der Waals surface area contributed by atoms with Crippen molar-refractivity contribution >= 4 is 15.9 Å². The Bertz CT molecular complexity index is 330. The van der Waals surface area contributed by atoms with Gasteiger partial charge in [0.15, 0.2) is 0 Å². The third-order valence-electron chi connectivity index (χ3n) is 2.04. The van der Waals surface area contributed by atoms with E-state index in [0.29, 0.717) is 0 Å². The number of methoxy groups -OCH3 is 1. The number of allylic oxidation sites excluding steroid dienone is 1. The fraction of sp³-hybridized carbons (Fsp3) is 0.333. The van der Waals surface area contributed by atoms with Crippen LogP contribution < -0.4 is 9.47 Å². The summed E-state index contributed by atoms with van der Waals surface area (Å²) in [6, 6.07) is 7.55.